The average molecular weight is 284 g/mol. The first-order valence-corrected chi connectivity index (χ1v) is 7.29. The molecule has 5 atom stereocenters. The Morgan fingerprint density at radius 2 is 2.25 bits per heavy atom. The highest BCUT2D eigenvalue weighted by atomic mass is 16.8. The minimum Gasteiger partial charge on any atom is -0.472 e. The average Bonchev–Trinajstić information content (AvgIpc) is 2.81. The molecule has 0 aromatic carbocycles. The van der Waals surface area contributed by atoms with E-state index in [1.807, 2.05) is 13.8 Å². The number of hydrogen-bond donors (Lipinski definition) is 0. The number of methoxy groups -OCH3 is 1. The number of rotatable bonds is 5. The first kappa shape index (κ1) is 15.3. The molecule has 2 rings (SSSR count). The summed E-state index contributed by atoms with van der Waals surface area (Å²) in [6.07, 6.45) is 2.88. The summed E-state index contributed by atoms with van der Waals surface area (Å²) in [7, 11) is 1.40. The van der Waals surface area contributed by atoms with E-state index in [0.29, 0.717) is 18.1 Å². The van der Waals surface area contributed by atoms with Gasteiger partial charge in [-0.15, -0.1) is 0 Å². The van der Waals surface area contributed by atoms with Crippen LogP contribution in [0.3, 0.4) is 0 Å². The zero-order valence-electron chi connectivity index (χ0n) is 12.6. The first-order chi connectivity index (χ1) is 9.58. The molecule has 5 heteroatoms. The van der Waals surface area contributed by atoms with Crippen molar-refractivity contribution in [3.8, 4) is 0 Å². The van der Waals surface area contributed by atoms with Crippen LogP contribution in [0.5, 0.6) is 0 Å². The van der Waals surface area contributed by atoms with Crippen molar-refractivity contribution in [1.82, 2.24) is 0 Å². The molecule has 5 nitrogen and oxygen atoms in total. The van der Waals surface area contributed by atoms with Crippen molar-refractivity contribution in [1.29, 1.82) is 0 Å². The van der Waals surface area contributed by atoms with Crippen LogP contribution in [0.15, 0.2) is 11.8 Å². The molecular formula is C15H24O5. The predicted molar refractivity (Wildman–Crippen MR) is 72.5 cm³/mol. The van der Waals surface area contributed by atoms with Gasteiger partial charge in [0.2, 0.25) is 6.29 Å². The van der Waals surface area contributed by atoms with E-state index >= 15 is 0 Å². The molecule has 2 aliphatic rings. The summed E-state index contributed by atoms with van der Waals surface area (Å²) in [5, 5.41) is 0. The van der Waals surface area contributed by atoms with E-state index in [0.717, 1.165) is 12.8 Å². The van der Waals surface area contributed by atoms with Crippen LogP contribution in [-0.2, 0) is 23.7 Å². The van der Waals surface area contributed by atoms with Crippen molar-refractivity contribution in [2.75, 3.05) is 13.7 Å². The van der Waals surface area contributed by atoms with Crippen LogP contribution in [0.25, 0.3) is 0 Å². The highest BCUT2D eigenvalue weighted by Gasteiger charge is 2.47. The molecule has 1 saturated carbocycles. The lowest BCUT2D eigenvalue weighted by atomic mass is 9.83. The van der Waals surface area contributed by atoms with Gasteiger partial charge in [0, 0.05) is 18.4 Å². The van der Waals surface area contributed by atoms with Crippen LogP contribution in [-0.4, -0.2) is 32.3 Å². The second-order valence-corrected chi connectivity index (χ2v) is 5.47. The van der Waals surface area contributed by atoms with E-state index in [1.54, 1.807) is 0 Å². The Balaban J connectivity index is 2.12. The Labute approximate surface area is 120 Å². The molecule has 1 fully saturated rings. The maximum atomic E-state index is 11.8. The Morgan fingerprint density at radius 1 is 1.50 bits per heavy atom. The van der Waals surface area contributed by atoms with Crippen molar-refractivity contribution < 1.29 is 23.7 Å². The summed E-state index contributed by atoms with van der Waals surface area (Å²) in [5.74, 6) is 0.486. The third-order valence-corrected chi connectivity index (χ3v) is 4.25. The molecule has 0 aromatic rings. The van der Waals surface area contributed by atoms with E-state index in [2.05, 4.69) is 6.92 Å². The van der Waals surface area contributed by atoms with E-state index in [1.165, 1.54) is 13.4 Å². The number of hydrogen-bond acceptors (Lipinski definition) is 5. The fraction of sp³-hybridized carbons (Fsp3) is 0.800. The second kappa shape index (κ2) is 6.59. The van der Waals surface area contributed by atoms with Gasteiger partial charge in [-0.1, -0.05) is 6.92 Å². The zero-order valence-corrected chi connectivity index (χ0v) is 12.6. The maximum Gasteiger partial charge on any atom is 0.337 e. The molecule has 1 aliphatic carbocycles. The van der Waals surface area contributed by atoms with Gasteiger partial charge in [0.05, 0.1) is 18.9 Å². The summed E-state index contributed by atoms with van der Waals surface area (Å²) >= 11 is 0. The van der Waals surface area contributed by atoms with Crippen molar-refractivity contribution in [3.05, 3.63) is 11.8 Å². The van der Waals surface area contributed by atoms with Gasteiger partial charge in [0.15, 0.2) is 6.29 Å². The van der Waals surface area contributed by atoms with Gasteiger partial charge in [-0.05, 0) is 32.6 Å². The zero-order chi connectivity index (χ0) is 14.7. The minimum atomic E-state index is -0.354. The fourth-order valence-electron chi connectivity index (χ4n) is 3.27. The highest BCUT2D eigenvalue weighted by molar-refractivity contribution is 5.88. The van der Waals surface area contributed by atoms with Crippen LogP contribution in [0, 0.1) is 17.8 Å². The van der Waals surface area contributed by atoms with Gasteiger partial charge in [-0.25, -0.2) is 4.79 Å². The monoisotopic (exact) mass is 284 g/mol. The molecule has 0 bridgehead atoms. The van der Waals surface area contributed by atoms with Gasteiger partial charge >= 0.3 is 5.97 Å². The van der Waals surface area contributed by atoms with E-state index in [4.69, 9.17) is 18.9 Å². The third kappa shape index (κ3) is 2.99. The molecule has 1 unspecified atom stereocenters. The second-order valence-electron chi connectivity index (χ2n) is 5.47. The molecule has 114 valence electrons. The topological polar surface area (TPSA) is 54.0 Å². The Morgan fingerprint density at radius 3 is 2.90 bits per heavy atom. The van der Waals surface area contributed by atoms with Gasteiger partial charge in [-0.2, -0.15) is 0 Å². The van der Waals surface area contributed by atoms with Gasteiger partial charge in [0.25, 0.3) is 0 Å². The molecule has 0 N–H and O–H groups in total. The molecule has 0 saturated heterocycles. The quantitative estimate of drug-likeness (QED) is 0.573. The molecule has 20 heavy (non-hydrogen) atoms. The standard InChI is InChI=1S/C15H24O5/c1-5-18-10(3)20-15-13-9(2)6-7-11(13)12(8-19-15)14(16)17-4/h8-11,13,15H,5-7H2,1-4H3/t9-,10?,11+,13+,15-/m0/s1. The lowest BCUT2D eigenvalue weighted by Crippen LogP contribution is -2.39. The van der Waals surface area contributed by atoms with Gasteiger partial charge in [0.1, 0.15) is 0 Å². The van der Waals surface area contributed by atoms with Crippen molar-refractivity contribution in [2.24, 2.45) is 17.8 Å². The van der Waals surface area contributed by atoms with Gasteiger partial charge < -0.3 is 18.9 Å². The van der Waals surface area contributed by atoms with Crippen LogP contribution in [0.4, 0.5) is 0 Å². The number of ether oxygens (including phenoxy) is 4. The Kier molecular flexibility index (Phi) is 5.05. The minimum absolute atomic E-state index is 0.157. The SMILES string of the molecule is CCOC(C)O[C@@H]1OC=C(C(=O)OC)[C@H]2CC[C@H](C)[C@@H]12. The predicted octanol–water partition coefficient (Wildman–Crippen LogP) is 2.46. The van der Waals surface area contributed by atoms with Crippen molar-refractivity contribution >= 4 is 5.97 Å². The van der Waals surface area contributed by atoms with Crippen molar-refractivity contribution in [3.63, 3.8) is 0 Å². The molecule has 0 spiro atoms. The number of carbonyl (C=O) groups excluding carboxylic acids is 1. The maximum absolute atomic E-state index is 11.8. The van der Waals surface area contributed by atoms with Crippen molar-refractivity contribution in [2.45, 2.75) is 46.2 Å². The Hall–Kier alpha value is -1.07. The molecule has 0 radical (unpaired) electrons. The number of esters is 1. The summed E-state index contributed by atoms with van der Waals surface area (Å²) in [4.78, 5) is 11.8. The molecular weight excluding hydrogens is 260 g/mol. The van der Waals surface area contributed by atoms with Crippen LogP contribution >= 0.6 is 0 Å². The molecule has 1 aliphatic heterocycles. The normalized spacial score (nSPS) is 33.9. The third-order valence-electron chi connectivity index (χ3n) is 4.25. The molecule has 1 heterocycles. The largest absolute Gasteiger partial charge is 0.472 e. The summed E-state index contributed by atoms with van der Waals surface area (Å²) in [6.45, 7) is 6.57. The summed E-state index contributed by atoms with van der Waals surface area (Å²) < 4.78 is 21.7. The van der Waals surface area contributed by atoms with E-state index in [-0.39, 0.29) is 30.4 Å². The smallest absolute Gasteiger partial charge is 0.337 e. The summed E-state index contributed by atoms with van der Waals surface area (Å²) in [6, 6.07) is 0. The van der Waals surface area contributed by atoms with E-state index < -0.39 is 0 Å². The van der Waals surface area contributed by atoms with Crippen LogP contribution < -0.4 is 0 Å². The fourth-order valence-corrected chi connectivity index (χ4v) is 3.27. The van der Waals surface area contributed by atoms with E-state index in [9.17, 15) is 4.79 Å². The summed E-state index contributed by atoms with van der Waals surface area (Å²) in [5.41, 5.74) is 0.630. The molecule has 0 aromatic heterocycles. The first-order valence-electron chi connectivity index (χ1n) is 7.29. The highest BCUT2D eigenvalue weighted by Crippen LogP contribution is 2.47. The van der Waals surface area contributed by atoms with Crippen LogP contribution in [0.1, 0.15) is 33.6 Å². The Bertz CT molecular complexity index is 378. The number of carbonyl (C=O) groups is 1. The lowest BCUT2D eigenvalue weighted by Gasteiger charge is -2.36. The molecule has 0 amide bonds. The van der Waals surface area contributed by atoms with Crippen LogP contribution in [0.2, 0.25) is 0 Å². The number of fused-ring (bicyclic) bond motifs is 1. The van der Waals surface area contributed by atoms with Gasteiger partial charge in [-0.3, -0.25) is 0 Å². The lowest BCUT2D eigenvalue weighted by molar-refractivity contribution is -0.250.